The summed E-state index contributed by atoms with van der Waals surface area (Å²) in [6, 6.07) is 22.3. The summed E-state index contributed by atoms with van der Waals surface area (Å²) < 4.78 is 19.1. The Labute approximate surface area is 157 Å². The molecule has 0 unspecified atom stereocenters. The lowest BCUT2D eigenvalue weighted by Gasteiger charge is -2.12. The highest BCUT2D eigenvalue weighted by atomic mass is 32.1. The Bertz CT molecular complexity index is 882. The number of ether oxygens (including phenoxy) is 1. The second kappa shape index (κ2) is 8.45. The fraction of sp³-hybridized carbons (Fsp3) is 0.0952. The Morgan fingerprint density at radius 2 is 1.58 bits per heavy atom. The predicted molar refractivity (Wildman–Crippen MR) is 108 cm³/mol. The molecular weight excluding hydrogens is 347 g/mol. The van der Waals surface area contributed by atoms with Crippen LogP contribution in [0.25, 0.3) is 0 Å². The number of aryl methyl sites for hydroxylation is 1. The predicted octanol–water partition coefficient (Wildman–Crippen LogP) is 5.52. The molecule has 0 heterocycles. The van der Waals surface area contributed by atoms with E-state index in [-0.39, 0.29) is 5.82 Å². The Morgan fingerprint density at radius 1 is 0.923 bits per heavy atom. The summed E-state index contributed by atoms with van der Waals surface area (Å²) in [7, 11) is 0. The van der Waals surface area contributed by atoms with Crippen molar-refractivity contribution in [2.45, 2.75) is 13.5 Å². The molecule has 0 amide bonds. The molecule has 0 aromatic heterocycles. The SMILES string of the molecule is Cc1cc(NC(=S)Nc2ccc(OCc3ccccc3)cc2)ccc1F. The average molecular weight is 366 g/mol. The molecule has 0 aliphatic rings. The molecule has 0 aliphatic carbocycles. The van der Waals surface area contributed by atoms with Gasteiger partial charge in [-0.05, 0) is 72.7 Å². The van der Waals surface area contributed by atoms with E-state index in [0.717, 1.165) is 22.7 Å². The lowest BCUT2D eigenvalue weighted by Crippen LogP contribution is -2.19. The minimum Gasteiger partial charge on any atom is -0.489 e. The first-order valence-electron chi connectivity index (χ1n) is 8.21. The average Bonchev–Trinajstić information content (AvgIpc) is 2.65. The van der Waals surface area contributed by atoms with Crippen LogP contribution < -0.4 is 15.4 Å². The number of hydrogen-bond acceptors (Lipinski definition) is 2. The first-order chi connectivity index (χ1) is 12.6. The third-order valence-electron chi connectivity index (χ3n) is 3.78. The van der Waals surface area contributed by atoms with Crippen molar-refractivity contribution in [2.24, 2.45) is 0 Å². The third-order valence-corrected chi connectivity index (χ3v) is 3.98. The summed E-state index contributed by atoms with van der Waals surface area (Å²) in [5.41, 5.74) is 3.27. The second-order valence-corrected chi connectivity index (χ2v) is 6.25. The Kier molecular flexibility index (Phi) is 5.81. The Morgan fingerprint density at radius 3 is 2.27 bits per heavy atom. The summed E-state index contributed by atoms with van der Waals surface area (Å²) in [5.74, 6) is 0.549. The van der Waals surface area contributed by atoms with Gasteiger partial charge < -0.3 is 15.4 Å². The van der Waals surface area contributed by atoms with E-state index in [0.29, 0.717) is 17.3 Å². The van der Waals surface area contributed by atoms with Crippen LogP contribution in [0.4, 0.5) is 15.8 Å². The zero-order chi connectivity index (χ0) is 18.4. The van der Waals surface area contributed by atoms with E-state index in [1.165, 1.54) is 6.07 Å². The quantitative estimate of drug-likeness (QED) is 0.582. The van der Waals surface area contributed by atoms with E-state index in [1.807, 2.05) is 54.6 Å². The van der Waals surface area contributed by atoms with Crippen LogP contribution in [0.1, 0.15) is 11.1 Å². The molecular formula is C21H19FN2OS. The van der Waals surface area contributed by atoms with Gasteiger partial charge in [0.05, 0.1) is 0 Å². The molecule has 0 radical (unpaired) electrons. The molecule has 0 saturated carbocycles. The van der Waals surface area contributed by atoms with Gasteiger partial charge in [0.1, 0.15) is 18.2 Å². The van der Waals surface area contributed by atoms with E-state index in [1.54, 1.807) is 19.1 Å². The van der Waals surface area contributed by atoms with Crippen LogP contribution in [0.3, 0.4) is 0 Å². The van der Waals surface area contributed by atoms with Crippen molar-refractivity contribution in [2.75, 3.05) is 10.6 Å². The molecule has 0 bridgehead atoms. The fourth-order valence-electron chi connectivity index (χ4n) is 2.39. The highest BCUT2D eigenvalue weighted by molar-refractivity contribution is 7.80. The van der Waals surface area contributed by atoms with Gasteiger partial charge in [-0.1, -0.05) is 30.3 Å². The van der Waals surface area contributed by atoms with Crippen molar-refractivity contribution >= 4 is 28.7 Å². The minimum absolute atomic E-state index is 0.236. The standard InChI is InChI=1S/C21H19FN2OS/c1-15-13-18(9-12-20(15)22)24-21(26)23-17-7-10-19(11-8-17)25-14-16-5-3-2-4-6-16/h2-13H,14H2,1H3,(H2,23,24,26). The third kappa shape index (κ3) is 5.04. The number of anilines is 2. The zero-order valence-electron chi connectivity index (χ0n) is 14.3. The van der Waals surface area contributed by atoms with Gasteiger partial charge in [-0.25, -0.2) is 4.39 Å². The molecule has 2 N–H and O–H groups in total. The van der Waals surface area contributed by atoms with Crippen LogP contribution >= 0.6 is 12.2 Å². The number of halogens is 1. The van der Waals surface area contributed by atoms with Crippen LogP contribution in [0.15, 0.2) is 72.8 Å². The number of nitrogens with one attached hydrogen (secondary N) is 2. The molecule has 5 heteroatoms. The maximum Gasteiger partial charge on any atom is 0.175 e. The topological polar surface area (TPSA) is 33.3 Å². The van der Waals surface area contributed by atoms with Crippen molar-refractivity contribution in [3.63, 3.8) is 0 Å². The van der Waals surface area contributed by atoms with E-state index >= 15 is 0 Å². The molecule has 132 valence electrons. The molecule has 3 rings (SSSR count). The van der Waals surface area contributed by atoms with Crippen LogP contribution in [0.2, 0.25) is 0 Å². The van der Waals surface area contributed by atoms with Crippen molar-refractivity contribution in [3.8, 4) is 5.75 Å². The van der Waals surface area contributed by atoms with E-state index in [2.05, 4.69) is 10.6 Å². The number of thiocarbonyl (C=S) groups is 1. The normalized spacial score (nSPS) is 10.2. The van der Waals surface area contributed by atoms with Crippen LogP contribution in [-0.2, 0) is 6.61 Å². The van der Waals surface area contributed by atoms with Gasteiger partial charge in [-0.3, -0.25) is 0 Å². The molecule has 0 saturated heterocycles. The van der Waals surface area contributed by atoms with E-state index in [9.17, 15) is 4.39 Å². The van der Waals surface area contributed by atoms with Gasteiger partial charge in [0.2, 0.25) is 0 Å². The molecule has 3 nitrogen and oxygen atoms in total. The maximum absolute atomic E-state index is 13.3. The monoisotopic (exact) mass is 366 g/mol. The van der Waals surface area contributed by atoms with Crippen LogP contribution in [0, 0.1) is 12.7 Å². The highest BCUT2D eigenvalue weighted by Gasteiger charge is 2.03. The number of rotatable bonds is 5. The summed E-state index contributed by atoms with van der Waals surface area (Å²) >= 11 is 5.29. The zero-order valence-corrected chi connectivity index (χ0v) is 15.1. The first kappa shape index (κ1) is 17.9. The molecule has 3 aromatic rings. The van der Waals surface area contributed by atoms with Gasteiger partial charge in [0.15, 0.2) is 5.11 Å². The van der Waals surface area contributed by atoms with Gasteiger partial charge in [0, 0.05) is 11.4 Å². The highest BCUT2D eigenvalue weighted by Crippen LogP contribution is 2.18. The van der Waals surface area contributed by atoms with Gasteiger partial charge in [0.25, 0.3) is 0 Å². The van der Waals surface area contributed by atoms with Crippen molar-refractivity contribution in [3.05, 3.63) is 89.7 Å². The van der Waals surface area contributed by atoms with Crippen LogP contribution in [-0.4, -0.2) is 5.11 Å². The Balaban J connectivity index is 1.53. The number of hydrogen-bond donors (Lipinski definition) is 2. The minimum atomic E-state index is -0.236. The molecule has 0 aliphatic heterocycles. The first-order valence-corrected chi connectivity index (χ1v) is 8.62. The maximum atomic E-state index is 13.3. The summed E-state index contributed by atoms with van der Waals surface area (Å²) in [5, 5.41) is 6.58. The molecule has 0 atom stereocenters. The lowest BCUT2D eigenvalue weighted by molar-refractivity contribution is 0.306. The summed E-state index contributed by atoms with van der Waals surface area (Å²) in [6.45, 7) is 2.24. The molecule has 0 spiro atoms. The molecule has 0 fully saturated rings. The lowest BCUT2D eigenvalue weighted by atomic mass is 10.2. The summed E-state index contributed by atoms with van der Waals surface area (Å²) in [4.78, 5) is 0. The van der Waals surface area contributed by atoms with Gasteiger partial charge >= 0.3 is 0 Å². The van der Waals surface area contributed by atoms with Gasteiger partial charge in [-0.2, -0.15) is 0 Å². The summed E-state index contributed by atoms with van der Waals surface area (Å²) in [6.07, 6.45) is 0. The smallest absolute Gasteiger partial charge is 0.175 e. The molecule has 26 heavy (non-hydrogen) atoms. The largest absolute Gasteiger partial charge is 0.489 e. The van der Waals surface area contributed by atoms with Crippen molar-refractivity contribution < 1.29 is 9.13 Å². The van der Waals surface area contributed by atoms with E-state index in [4.69, 9.17) is 17.0 Å². The van der Waals surface area contributed by atoms with Crippen molar-refractivity contribution in [1.82, 2.24) is 0 Å². The second-order valence-electron chi connectivity index (χ2n) is 5.84. The van der Waals surface area contributed by atoms with Crippen LogP contribution in [0.5, 0.6) is 5.75 Å². The number of benzene rings is 3. The van der Waals surface area contributed by atoms with E-state index < -0.39 is 0 Å². The van der Waals surface area contributed by atoms with Crippen molar-refractivity contribution in [1.29, 1.82) is 0 Å². The fourth-order valence-corrected chi connectivity index (χ4v) is 2.63. The van der Waals surface area contributed by atoms with Gasteiger partial charge in [-0.15, -0.1) is 0 Å². The Hall–Kier alpha value is -2.92. The molecule has 3 aromatic carbocycles.